The molecule has 0 saturated heterocycles. The van der Waals surface area contributed by atoms with E-state index in [1.54, 1.807) is 0 Å². The van der Waals surface area contributed by atoms with Gasteiger partial charge in [-0.3, -0.25) is 4.79 Å². The highest BCUT2D eigenvalue weighted by Crippen LogP contribution is 2.48. The minimum atomic E-state index is -0.804. The van der Waals surface area contributed by atoms with Gasteiger partial charge >= 0.3 is 12.1 Å². The van der Waals surface area contributed by atoms with Crippen LogP contribution in [0.4, 0.5) is 4.79 Å². The van der Waals surface area contributed by atoms with Gasteiger partial charge in [-0.15, -0.1) is 0 Å². The van der Waals surface area contributed by atoms with Crippen molar-refractivity contribution in [3.05, 3.63) is 35.9 Å². The molecule has 0 spiro atoms. The average molecular weight is 317 g/mol. The Hall–Kier alpha value is -2.04. The lowest BCUT2D eigenvalue weighted by atomic mass is 9.58. The van der Waals surface area contributed by atoms with Crippen LogP contribution in [-0.2, 0) is 16.1 Å². The maximum atomic E-state index is 12.0. The summed E-state index contributed by atoms with van der Waals surface area (Å²) in [4.78, 5) is 23.5. The van der Waals surface area contributed by atoms with E-state index in [4.69, 9.17) is 4.74 Å². The van der Waals surface area contributed by atoms with E-state index < -0.39 is 18.0 Å². The molecule has 23 heavy (non-hydrogen) atoms. The molecule has 2 saturated carbocycles. The van der Waals surface area contributed by atoms with Crippen LogP contribution in [0.1, 0.15) is 37.7 Å². The number of hydrogen-bond donors (Lipinski definition) is 2. The molecule has 0 bridgehead atoms. The molecule has 0 aliphatic heterocycles. The SMILES string of the molecule is O=C(NC1C2CCCCCC2C1C(=O)O)OCc1ccccc1. The average Bonchev–Trinajstić information content (AvgIpc) is 2.74. The van der Waals surface area contributed by atoms with E-state index in [0.29, 0.717) is 0 Å². The first-order valence-corrected chi connectivity index (χ1v) is 8.37. The molecule has 1 aromatic rings. The first-order valence-electron chi connectivity index (χ1n) is 8.37. The highest BCUT2D eigenvalue weighted by Gasteiger charge is 2.54. The number of benzene rings is 1. The molecule has 0 radical (unpaired) electrons. The maximum Gasteiger partial charge on any atom is 0.407 e. The number of rotatable bonds is 4. The van der Waals surface area contributed by atoms with E-state index >= 15 is 0 Å². The fourth-order valence-corrected chi connectivity index (χ4v) is 4.08. The Balaban J connectivity index is 1.56. The third kappa shape index (κ3) is 3.49. The van der Waals surface area contributed by atoms with Crippen LogP contribution >= 0.6 is 0 Å². The molecule has 2 aliphatic rings. The fraction of sp³-hybridized carbons (Fsp3) is 0.556. The van der Waals surface area contributed by atoms with Crippen molar-refractivity contribution in [3.63, 3.8) is 0 Å². The van der Waals surface area contributed by atoms with Crippen LogP contribution in [0.2, 0.25) is 0 Å². The summed E-state index contributed by atoms with van der Waals surface area (Å²) in [5, 5.41) is 12.3. The van der Waals surface area contributed by atoms with Crippen molar-refractivity contribution < 1.29 is 19.4 Å². The van der Waals surface area contributed by atoms with Crippen molar-refractivity contribution in [1.82, 2.24) is 5.32 Å². The normalized spacial score (nSPS) is 29.6. The van der Waals surface area contributed by atoms with Crippen LogP contribution in [-0.4, -0.2) is 23.2 Å². The second-order valence-corrected chi connectivity index (χ2v) is 6.56. The van der Waals surface area contributed by atoms with Crippen molar-refractivity contribution in [2.75, 3.05) is 0 Å². The number of hydrogen-bond acceptors (Lipinski definition) is 3. The lowest BCUT2D eigenvalue weighted by Crippen LogP contribution is -2.62. The molecule has 2 N–H and O–H groups in total. The Bertz CT molecular complexity index is 559. The molecule has 2 aliphatic carbocycles. The number of ether oxygens (including phenoxy) is 1. The third-order valence-corrected chi connectivity index (χ3v) is 5.22. The fourth-order valence-electron chi connectivity index (χ4n) is 4.08. The van der Waals surface area contributed by atoms with Crippen molar-refractivity contribution >= 4 is 12.1 Å². The zero-order chi connectivity index (χ0) is 16.2. The zero-order valence-electron chi connectivity index (χ0n) is 13.1. The second kappa shape index (κ2) is 7.02. The van der Waals surface area contributed by atoms with Gasteiger partial charge in [0.15, 0.2) is 0 Å². The first-order chi connectivity index (χ1) is 11.2. The smallest absolute Gasteiger partial charge is 0.407 e. The van der Waals surface area contributed by atoms with Crippen molar-refractivity contribution in [1.29, 1.82) is 0 Å². The van der Waals surface area contributed by atoms with Gasteiger partial charge in [0.2, 0.25) is 0 Å². The summed E-state index contributed by atoms with van der Waals surface area (Å²) in [6, 6.07) is 9.16. The van der Waals surface area contributed by atoms with Crippen molar-refractivity contribution in [2.24, 2.45) is 17.8 Å². The number of carbonyl (C=O) groups excluding carboxylic acids is 1. The summed E-state index contributed by atoms with van der Waals surface area (Å²) >= 11 is 0. The summed E-state index contributed by atoms with van der Waals surface area (Å²) in [7, 11) is 0. The molecule has 1 amide bonds. The number of carboxylic acid groups (broad SMARTS) is 1. The molecular formula is C18H23NO4. The zero-order valence-corrected chi connectivity index (χ0v) is 13.1. The molecule has 0 aromatic heterocycles. The first kappa shape index (κ1) is 15.8. The maximum absolute atomic E-state index is 12.0. The number of fused-ring (bicyclic) bond motifs is 1. The number of alkyl carbamates (subject to hydrolysis) is 1. The quantitative estimate of drug-likeness (QED) is 0.894. The van der Waals surface area contributed by atoms with Gasteiger partial charge in [-0.1, -0.05) is 49.6 Å². The van der Waals surface area contributed by atoms with Gasteiger partial charge < -0.3 is 15.2 Å². The van der Waals surface area contributed by atoms with Gasteiger partial charge in [0.05, 0.1) is 5.92 Å². The molecule has 124 valence electrons. The Kier molecular flexibility index (Phi) is 4.84. The molecular weight excluding hydrogens is 294 g/mol. The standard InChI is InChI=1S/C18H23NO4/c20-17(21)15-13-9-5-2-6-10-14(13)16(15)19-18(22)23-11-12-7-3-1-4-8-12/h1,3-4,7-8,13-16H,2,5-6,9-11H2,(H,19,22)(H,20,21). The van der Waals surface area contributed by atoms with Crippen molar-refractivity contribution in [3.8, 4) is 0 Å². The molecule has 5 nitrogen and oxygen atoms in total. The molecule has 0 heterocycles. The van der Waals surface area contributed by atoms with Gasteiger partial charge in [-0.2, -0.15) is 0 Å². The van der Waals surface area contributed by atoms with E-state index in [2.05, 4.69) is 5.32 Å². The topological polar surface area (TPSA) is 75.6 Å². The summed E-state index contributed by atoms with van der Waals surface area (Å²) in [6.45, 7) is 0.200. The van der Waals surface area contributed by atoms with Crippen molar-refractivity contribution in [2.45, 2.75) is 44.8 Å². The van der Waals surface area contributed by atoms with E-state index in [0.717, 1.165) is 37.7 Å². The largest absolute Gasteiger partial charge is 0.481 e. The van der Waals surface area contributed by atoms with E-state index in [-0.39, 0.29) is 24.5 Å². The van der Waals surface area contributed by atoms with Crippen LogP contribution in [0.25, 0.3) is 0 Å². The van der Waals surface area contributed by atoms with Crippen LogP contribution in [0, 0.1) is 17.8 Å². The predicted molar refractivity (Wildman–Crippen MR) is 84.7 cm³/mol. The predicted octanol–water partition coefficient (Wildman–Crippen LogP) is 3.19. The molecule has 3 rings (SSSR count). The van der Waals surface area contributed by atoms with Gasteiger partial charge in [0.1, 0.15) is 6.61 Å². The Labute approximate surface area is 136 Å². The summed E-state index contributed by atoms with van der Waals surface area (Å²) in [5.41, 5.74) is 0.915. The van der Waals surface area contributed by atoms with E-state index in [1.807, 2.05) is 30.3 Å². The Morgan fingerprint density at radius 2 is 1.78 bits per heavy atom. The lowest BCUT2D eigenvalue weighted by molar-refractivity contribution is -0.154. The van der Waals surface area contributed by atoms with Gasteiger partial charge in [0.25, 0.3) is 0 Å². The van der Waals surface area contributed by atoms with Crippen LogP contribution in [0.3, 0.4) is 0 Å². The number of carbonyl (C=O) groups is 2. The molecule has 4 unspecified atom stereocenters. The van der Waals surface area contributed by atoms with Crippen LogP contribution in [0.5, 0.6) is 0 Å². The Morgan fingerprint density at radius 3 is 2.48 bits per heavy atom. The highest BCUT2D eigenvalue weighted by atomic mass is 16.5. The monoisotopic (exact) mass is 317 g/mol. The summed E-state index contributed by atoms with van der Waals surface area (Å²) in [5.74, 6) is -0.791. The van der Waals surface area contributed by atoms with Crippen LogP contribution in [0.15, 0.2) is 30.3 Å². The Morgan fingerprint density at radius 1 is 1.09 bits per heavy atom. The van der Waals surface area contributed by atoms with Gasteiger partial charge in [-0.25, -0.2) is 4.79 Å². The van der Waals surface area contributed by atoms with Crippen LogP contribution < -0.4 is 5.32 Å². The highest BCUT2D eigenvalue weighted by molar-refractivity contribution is 5.75. The second-order valence-electron chi connectivity index (χ2n) is 6.56. The number of amides is 1. The molecule has 4 atom stereocenters. The number of aliphatic carboxylic acids is 1. The molecule has 1 aromatic carbocycles. The van der Waals surface area contributed by atoms with Gasteiger partial charge in [-0.05, 0) is 30.2 Å². The minimum Gasteiger partial charge on any atom is -0.481 e. The number of nitrogens with one attached hydrogen (secondary N) is 1. The number of carboxylic acids is 1. The van der Waals surface area contributed by atoms with E-state index in [9.17, 15) is 14.7 Å². The minimum absolute atomic E-state index is 0.200. The van der Waals surface area contributed by atoms with Gasteiger partial charge in [0, 0.05) is 6.04 Å². The third-order valence-electron chi connectivity index (χ3n) is 5.22. The molecule has 2 fully saturated rings. The molecule has 5 heteroatoms. The van der Waals surface area contributed by atoms with E-state index in [1.165, 1.54) is 0 Å². The summed E-state index contributed by atoms with van der Waals surface area (Å²) in [6.07, 6.45) is 4.80. The summed E-state index contributed by atoms with van der Waals surface area (Å²) < 4.78 is 5.23. The lowest BCUT2D eigenvalue weighted by Gasteiger charge is -2.49.